The number of nitriles is 1. The van der Waals surface area contributed by atoms with Crippen LogP contribution in [-0.2, 0) is 4.79 Å². The Morgan fingerprint density at radius 2 is 0.952 bits per heavy atom. The van der Waals surface area contributed by atoms with E-state index in [1.54, 1.807) is 32.4 Å². The van der Waals surface area contributed by atoms with Crippen LogP contribution in [0.1, 0.15) is 5.56 Å². The van der Waals surface area contributed by atoms with Crippen LogP contribution < -0.4 is 14.4 Å². The van der Waals surface area contributed by atoms with E-state index in [-0.39, 0.29) is 5.57 Å². The number of anilines is 3. The second-order valence-corrected chi connectivity index (χ2v) is 9.45. The van der Waals surface area contributed by atoms with Gasteiger partial charge >= 0.3 is 5.97 Å². The van der Waals surface area contributed by atoms with Gasteiger partial charge in [-0.2, -0.15) is 5.26 Å². The summed E-state index contributed by atoms with van der Waals surface area (Å²) in [5, 5.41) is 18.1. The summed E-state index contributed by atoms with van der Waals surface area (Å²) in [7, 11) is 3.32. The minimum absolute atomic E-state index is 0.297. The van der Waals surface area contributed by atoms with Gasteiger partial charge in [0.05, 0.1) is 14.2 Å². The Kier molecular flexibility index (Phi) is 8.32. The summed E-state index contributed by atoms with van der Waals surface area (Å²) in [5.74, 6) is 0.358. The molecule has 0 bridgehead atoms. The minimum atomic E-state index is -1.24. The van der Waals surface area contributed by atoms with Crippen LogP contribution in [0, 0.1) is 11.3 Å². The lowest BCUT2D eigenvalue weighted by atomic mass is 9.99. The predicted octanol–water partition coefficient (Wildman–Crippen LogP) is 8.50. The summed E-state index contributed by atoms with van der Waals surface area (Å²) < 4.78 is 10.7. The number of carbonyl (C=O) groups is 1. The van der Waals surface area contributed by atoms with Crippen molar-refractivity contribution in [2.75, 3.05) is 19.1 Å². The number of hydrogen-bond donors (Lipinski definition) is 1. The molecule has 5 rings (SSSR count). The highest BCUT2D eigenvalue weighted by Crippen LogP contribution is 2.37. The lowest BCUT2D eigenvalue weighted by molar-refractivity contribution is -0.132. The standard InChI is InChI=1S/C36H28N2O4/c1-41-34-19-15-32(16-20-34)38(33-17-21-35(42-2)22-18-33)31-13-11-29(12-14-31)28-9-7-27(8-10-28)26-5-3-25(4-6-26)23-30(24-37)36(39)40/h3-23H,1-2H3,(H,39,40)/b30-23-. The zero-order valence-corrected chi connectivity index (χ0v) is 23.2. The van der Waals surface area contributed by atoms with Gasteiger partial charge in [-0.15, -0.1) is 0 Å². The Morgan fingerprint density at radius 3 is 1.29 bits per heavy atom. The third-order valence-corrected chi connectivity index (χ3v) is 6.91. The molecule has 0 fully saturated rings. The highest BCUT2D eigenvalue weighted by molar-refractivity contribution is 5.96. The van der Waals surface area contributed by atoms with Crippen molar-refractivity contribution in [1.29, 1.82) is 5.26 Å². The Hall–Kier alpha value is -5.80. The van der Waals surface area contributed by atoms with Crippen LogP contribution in [0.15, 0.2) is 127 Å². The zero-order valence-electron chi connectivity index (χ0n) is 23.2. The number of aliphatic carboxylic acids is 1. The van der Waals surface area contributed by atoms with Crippen molar-refractivity contribution in [3.8, 4) is 39.8 Å². The summed E-state index contributed by atoms with van der Waals surface area (Å²) in [4.78, 5) is 13.3. The summed E-state index contributed by atoms with van der Waals surface area (Å²) in [5.41, 5.74) is 7.60. The summed E-state index contributed by atoms with van der Waals surface area (Å²) >= 11 is 0. The molecule has 0 atom stereocenters. The van der Waals surface area contributed by atoms with Crippen LogP contribution in [0.4, 0.5) is 17.1 Å². The maximum absolute atomic E-state index is 11.1. The highest BCUT2D eigenvalue weighted by Gasteiger charge is 2.13. The first-order valence-electron chi connectivity index (χ1n) is 13.2. The number of rotatable bonds is 9. The van der Waals surface area contributed by atoms with E-state index < -0.39 is 5.97 Å². The van der Waals surface area contributed by atoms with Crippen LogP contribution in [0.2, 0.25) is 0 Å². The molecule has 5 aromatic rings. The average Bonchev–Trinajstić information content (AvgIpc) is 3.05. The topological polar surface area (TPSA) is 82.8 Å². The van der Waals surface area contributed by atoms with Gasteiger partial charge in [-0.1, -0.05) is 60.7 Å². The van der Waals surface area contributed by atoms with E-state index in [2.05, 4.69) is 53.4 Å². The van der Waals surface area contributed by atoms with E-state index in [0.717, 1.165) is 50.8 Å². The van der Waals surface area contributed by atoms with Crippen LogP contribution in [0.25, 0.3) is 28.3 Å². The molecule has 0 radical (unpaired) electrons. The Balaban J connectivity index is 1.38. The summed E-state index contributed by atoms with van der Waals surface area (Å²) in [6, 6.07) is 41.8. The Bertz CT molecular complexity index is 1690. The monoisotopic (exact) mass is 552 g/mol. The summed E-state index contributed by atoms with van der Waals surface area (Å²) in [6.45, 7) is 0. The van der Waals surface area contributed by atoms with Gasteiger partial charge in [0.2, 0.25) is 0 Å². The maximum Gasteiger partial charge on any atom is 0.346 e. The van der Waals surface area contributed by atoms with Crippen molar-refractivity contribution < 1.29 is 19.4 Å². The van der Waals surface area contributed by atoms with Crippen LogP contribution in [-0.4, -0.2) is 25.3 Å². The molecule has 6 nitrogen and oxygen atoms in total. The molecule has 6 heteroatoms. The number of methoxy groups -OCH3 is 2. The van der Waals surface area contributed by atoms with Gasteiger partial charge < -0.3 is 19.5 Å². The molecule has 0 amide bonds. The van der Waals surface area contributed by atoms with Crippen molar-refractivity contribution in [3.63, 3.8) is 0 Å². The fourth-order valence-corrected chi connectivity index (χ4v) is 4.65. The van der Waals surface area contributed by atoms with E-state index in [1.807, 2.05) is 60.7 Å². The minimum Gasteiger partial charge on any atom is -0.497 e. The molecule has 0 aliphatic heterocycles. The van der Waals surface area contributed by atoms with Crippen LogP contribution in [0.5, 0.6) is 11.5 Å². The lowest BCUT2D eigenvalue weighted by Gasteiger charge is -2.26. The quantitative estimate of drug-likeness (QED) is 0.146. The van der Waals surface area contributed by atoms with Crippen molar-refractivity contribution in [3.05, 3.63) is 132 Å². The molecule has 0 heterocycles. The molecule has 0 aromatic heterocycles. The molecular weight excluding hydrogens is 524 g/mol. The van der Waals surface area contributed by atoms with Gasteiger partial charge in [0.25, 0.3) is 0 Å². The largest absolute Gasteiger partial charge is 0.497 e. The lowest BCUT2D eigenvalue weighted by Crippen LogP contribution is -2.09. The SMILES string of the molecule is COc1ccc(N(c2ccc(OC)cc2)c2ccc(-c3ccc(-c4ccc(/C=C(/C#N)C(=O)O)cc4)cc3)cc2)cc1. The number of hydrogen-bond acceptors (Lipinski definition) is 5. The second kappa shape index (κ2) is 12.6. The van der Waals surface area contributed by atoms with E-state index >= 15 is 0 Å². The van der Waals surface area contributed by atoms with Crippen molar-refractivity contribution in [2.45, 2.75) is 0 Å². The third kappa shape index (κ3) is 6.16. The fourth-order valence-electron chi connectivity index (χ4n) is 4.65. The number of carboxylic acid groups (broad SMARTS) is 1. The number of carboxylic acids is 1. The molecule has 42 heavy (non-hydrogen) atoms. The van der Waals surface area contributed by atoms with Crippen molar-refractivity contribution >= 4 is 29.1 Å². The first kappa shape index (κ1) is 27.8. The van der Waals surface area contributed by atoms with Crippen LogP contribution >= 0.6 is 0 Å². The highest BCUT2D eigenvalue weighted by atomic mass is 16.5. The van der Waals surface area contributed by atoms with Gasteiger partial charge in [-0.25, -0.2) is 4.79 Å². The average molecular weight is 553 g/mol. The third-order valence-electron chi connectivity index (χ3n) is 6.91. The smallest absolute Gasteiger partial charge is 0.346 e. The Labute approximate surface area is 244 Å². The number of ether oxygens (including phenoxy) is 2. The maximum atomic E-state index is 11.1. The van der Waals surface area contributed by atoms with Gasteiger partial charge in [0.15, 0.2) is 0 Å². The van der Waals surface area contributed by atoms with Gasteiger partial charge in [0, 0.05) is 17.1 Å². The first-order chi connectivity index (χ1) is 20.5. The van der Waals surface area contributed by atoms with Gasteiger partial charge in [0.1, 0.15) is 23.1 Å². The Morgan fingerprint density at radius 1 is 0.619 bits per heavy atom. The van der Waals surface area contributed by atoms with Crippen molar-refractivity contribution in [1.82, 2.24) is 0 Å². The van der Waals surface area contributed by atoms with E-state index in [1.165, 1.54) is 6.08 Å². The molecular formula is C36H28N2O4. The van der Waals surface area contributed by atoms with Crippen LogP contribution in [0.3, 0.4) is 0 Å². The molecule has 5 aromatic carbocycles. The number of nitrogens with zero attached hydrogens (tertiary/aromatic N) is 2. The molecule has 0 aliphatic rings. The second-order valence-electron chi connectivity index (χ2n) is 9.45. The zero-order chi connectivity index (χ0) is 29.5. The molecule has 0 unspecified atom stereocenters. The van der Waals surface area contributed by atoms with E-state index in [4.69, 9.17) is 19.8 Å². The molecule has 206 valence electrons. The van der Waals surface area contributed by atoms with Crippen molar-refractivity contribution in [2.24, 2.45) is 0 Å². The van der Waals surface area contributed by atoms with E-state index in [9.17, 15) is 4.79 Å². The molecule has 0 saturated carbocycles. The molecule has 0 spiro atoms. The molecule has 0 saturated heterocycles. The summed E-state index contributed by atoms with van der Waals surface area (Å²) in [6.07, 6.45) is 1.36. The van der Waals surface area contributed by atoms with Gasteiger partial charge in [-0.3, -0.25) is 0 Å². The molecule has 0 aliphatic carbocycles. The van der Waals surface area contributed by atoms with Gasteiger partial charge in [-0.05, 0) is 94.6 Å². The first-order valence-corrected chi connectivity index (χ1v) is 13.2. The molecule has 1 N–H and O–H groups in total. The normalized spacial score (nSPS) is 10.9. The predicted molar refractivity (Wildman–Crippen MR) is 166 cm³/mol. The fraction of sp³-hybridized carbons (Fsp3) is 0.0556. The van der Waals surface area contributed by atoms with E-state index in [0.29, 0.717) is 5.56 Å². The number of benzene rings is 5.